The van der Waals surface area contributed by atoms with Crippen LogP contribution in [0.25, 0.3) is 0 Å². The van der Waals surface area contributed by atoms with E-state index in [2.05, 4.69) is 16.8 Å². The van der Waals surface area contributed by atoms with E-state index in [9.17, 15) is 4.79 Å². The fourth-order valence-electron chi connectivity index (χ4n) is 1.62. The summed E-state index contributed by atoms with van der Waals surface area (Å²) in [5.41, 5.74) is 0.608. The van der Waals surface area contributed by atoms with Crippen LogP contribution in [-0.4, -0.2) is 23.4 Å². The zero-order chi connectivity index (χ0) is 10.8. The fraction of sp³-hybridized carbons (Fsp3) is 0.636. The summed E-state index contributed by atoms with van der Waals surface area (Å²) in [6, 6.07) is 0.677. The van der Waals surface area contributed by atoms with Crippen molar-refractivity contribution in [3.8, 4) is 0 Å². The molecule has 0 radical (unpaired) electrons. The molecular formula is C11H16N2OS. The molecule has 0 amide bonds. The zero-order valence-corrected chi connectivity index (χ0v) is 10.0. The summed E-state index contributed by atoms with van der Waals surface area (Å²) in [7, 11) is 0. The van der Waals surface area contributed by atoms with Gasteiger partial charge >= 0.3 is 0 Å². The van der Waals surface area contributed by atoms with Crippen LogP contribution in [0, 0.1) is 0 Å². The molecule has 82 valence electrons. The number of carbonyl (C=O) groups excluding carboxylic acids is 1. The molecule has 1 fully saturated rings. The Labute approximate surface area is 94.1 Å². The highest BCUT2D eigenvalue weighted by molar-refractivity contribution is 7.14. The minimum absolute atomic E-state index is 0.0599. The molecule has 0 atom stereocenters. The first-order valence-electron chi connectivity index (χ1n) is 5.45. The van der Waals surface area contributed by atoms with E-state index >= 15 is 0 Å². The van der Waals surface area contributed by atoms with E-state index in [4.69, 9.17) is 0 Å². The quantitative estimate of drug-likeness (QED) is 0.721. The van der Waals surface area contributed by atoms with Crippen LogP contribution in [-0.2, 0) is 0 Å². The second kappa shape index (κ2) is 4.31. The predicted molar refractivity (Wildman–Crippen MR) is 62.8 cm³/mol. The third kappa shape index (κ3) is 2.37. The van der Waals surface area contributed by atoms with E-state index in [-0.39, 0.29) is 5.78 Å². The number of thiazole rings is 1. The lowest BCUT2D eigenvalue weighted by molar-refractivity contribution is 0.101. The average molecular weight is 224 g/mol. The molecule has 1 saturated carbocycles. The van der Waals surface area contributed by atoms with Gasteiger partial charge in [0, 0.05) is 24.9 Å². The van der Waals surface area contributed by atoms with Gasteiger partial charge in [-0.15, -0.1) is 11.3 Å². The third-order valence-corrected chi connectivity index (χ3v) is 3.43. The summed E-state index contributed by atoms with van der Waals surface area (Å²) < 4.78 is 0. The lowest BCUT2D eigenvalue weighted by Gasteiger charge is -2.20. The number of aromatic nitrogens is 1. The molecule has 1 heterocycles. The van der Waals surface area contributed by atoms with E-state index < -0.39 is 0 Å². The molecule has 0 N–H and O–H groups in total. The maximum atomic E-state index is 11.2. The average Bonchev–Trinajstić information content (AvgIpc) is 2.91. The number of rotatable bonds is 5. The van der Waals surface area contributed by atoms with E-state index in [0.717, 1.165) is 18.1 Å². The van der Waals surface area contributed by atoms with E-state index in [1.54, 1.807) is 18.3 Å². The van der Waals surface area contributed by atoms with E-state index in [0.29, 0.717) is 11.7 Å². The lowest BCUT2D eigenvalue weighted by Crippen LogP contribution is -2.26. The van der Waals surface area contributed by atoms with Crippen LogP contribution in [0.1, 0.15) is 43.6 Å². The minimum Gasteiger partial charge on any atom is -0.345 e. The van der Waals surface area contributed by atoms with Crippen molar-refractivity contribution in [3.05, 3.63) is 11.1 Å². The van der Waals surface area contributed by atoms with Crippen LogP contribution in [0.2, 0.25) is 0 Å². The van der Waals surface area contributed by atoms with Gasteiger partial charge in [-0.25, -0.2) is 4.98 Å². The first kappa shape index (κ1) is 10.6. The van der Waals surface area contributed by atoms with Gasteiger partial charge in [-0.2, -0.15) is 0 Å². The summed E-state index contributed by atoms with van der Waals surface area (Å²) in [5.74, 6) is 0.0599. The second-order valence-electron chi connectivity index (χ2n) is 4.00. The van der Waals surface area contributed by atoms with Gasteiger partial charge in [-0.05, 0) is 19.3 Å². The number of anilines is 1. The zero-order valence-electron chi connectivity index (χ0n) is 9.19. The Morgan fingerprint density at radius 1 is 1.67 bits per heavy atom. The summed E-state index contributed by atoms with van der Waals surface area (Å²) >= 11 is 1.59. The van der Waals surface area contributed by atoms with Crippen molar-refractivity contribution in [2.24, 2.45) is 0 Å². The van der Waals surface area contributed by atoms with Crippen molar-refractivity contribution in [1.82, 2.24) is 4.98 Å². The maximum Gasteiger partial charge on any atom is 0.186 e. The number of Topliss-reactive ketones (excluding diaryl/α,β-unsaturated/α-hetero) is 1. The molecule has 0 saturated heterocycles. The number of hydrogen-bond donors (Lipinski definition) is 0. The van der Waals surface area contributed by atoms with Gasteiger partial charge in [0.2, 0.25) is 0 Å². The van der Waals surface area contributed by atoms with Crippen molar-refractivity contribution in [2.75, 3.05) is 11.4 Å². The van der Waals surface area contributed by atoms with Gasteiger partial charge in [-0.3, -0.25) is 4.79 Å². The summed E-state index contributed by atoms with van der Waals surface area (Å²) in [6.45, 7) is 4.80. The van der Waals surface area contributed by atoms with Crippen LogP contribution in [0.15, 0.2) is 5.38 Å². The van der Waals surface area contributed by atoms with Crippen LogP contribution in [0.3, 0.4) is 0 Å². The standard InChI is InChI=1S/C11H16N2OS/c1-3-6-13(9-4-5-9)11-12-10(7-15-11)8(2)14/h7,9H,3-6H2,1-2H3. The molecule has 15 heavy (non-hydrogen) atoms. The van der Waals surface area contributed by atoms with Gasteiger partial charge in [-0.1, -0.05) is 6.92 Å². The number of carbonyl (C=O) groups is 1. The smallest absolute Gasteiger partial charge is 0.186 e. The van der Waals surface area contributed by atoms with Gasteiger partial charge in [0.15, 0.2) is 10.9 Å². The number of nitrogens with zero attached hydrogens (tertiary/aromatic N) is 2. The molecule has 0 bridgehead atoms. The lowest BCUT2D eigenvalue weighted by atomic mass is 10.3. The molecule has 1 aliphatic rings. The Balaban J connectivity index is 2.14. The third-order valence-electron chi connectivity index (χ3n) is 2.55. The van der Waals surface area contributed by atoms with Crippen molar-refractivity contribution < 1.29 is 4.79 Å². The highest BCUT2D eigenvalue weighted by Gasteiger charge is 2.30. The van der Waals surface area contributed by atoms with Crippen molar-refractivity contribution in [3.63, 3.8) is 0 Å². The Kier molecular flexibility index (Phi) is 3.05. The van der Waals surface area contributed by atoms with Gasteiger partial charge in [0.1, 0.15) is 5.69 Å². The van der Waals surface area contributed by atoms with Crippen molar-refractivity contribution in [1.29, 1.82) is 0 Å². The molecule has 1 aromatic rings. The molecule has 1 aliphatic carbocycles. The monoisotopic (exact) mass is 224 g/mol. The van der Waals surface area contributed by atoms with Gasteiger partial charge in [0.05, 0.1) is 0 Å². The van der Waals surface area contributed by atoms with Crippen LogP contribution in [0.5, 0.6) is 0 Å². The first-order chi connectivity index (χ1) is 7.22. The predicted octanol–water partition coefficient (Wildman–Crippen LogP) is 2.72. The molecule has 4 heteroatoms. The molecule has 2 rings (SSSR count). The largest absolute Gasteiger partial charge is 0.345 e. The van der Waals surface area contributed by atoms with E-state index in [1.165, 1.54) is 12.8 Å². The Morgan fingerprint density at radius 3 is 2.87 bits per heavy atom. The highest BCUT2D eigenvalue weighted by atomic mass is 32.1. The molecule has 3 nitrogen and oxygen atoms in total. The van der Waals surface area contributed by atoms with E-state index in [1.807, 2.05) is 5.38 Å². The number of hydrogen-bond acceptors (Lipinski definition) is 4. The SMILES string of the molecule is CCCN(c1nc(C(C)=O)cs1)C1CC1. The minimum atomic E-state index is 0.0599. The van der Waals surface area contributed by atoms with Crippen LogP contribution >= 0.6 is 11.3 Å². The highest BCUT2D eigenvalue weighted by Crippen LogP contribution is 2.33. The molecule has 0 spiro atoms. The van der Waals surface area contributed by atoms with Gasteiger partial charge in [0.25, 0.3) is 0 Å². The van der Waals surface area contributed by atoms with Crippen molar-refractivity contribution >= 4 is 22.3 Å². The summed E-state index contributed by atoms with van der Waals surface area (Å²) in [6.07, 6.45) is 3.68. The Hall–Kier alpha value is -0.900. The normalized spacial score (nSPS) is 15.3. The summed E-state index contributed by atoms with van der Waals surface area (Å²) in [4.78, 5) is 17.9. The molecular weight excluding hydrogens is 208 g/mol. The second-order valence-corrected chi connectivity index (χ2v) is 4.83. The van der Waals surface area contributed by atoms with Crippen LogP contribution < -0.4 is 4.90 Å². The molecule has 0 aliphatic heterocycles. The first-order valence-corrected chi connectivity index (χ1v) is 6.33. The maximum absolute atomic E-state index is 11.2. The topological polar surface area (TPSA) is 33.2 Å². The Morgan fingerprint density at radius 2 is 2.40 bits per heavy atom. The van der Waals surface area contributed by atoms with Gasteiger partial charge < -0.3 is 4.90 Å². The Bertz CT molecular complexity index is 357. The fourth-order valence-corrected chi connectivity index (χ4v) is 2.58. The van der Waals surface area contributed by atoms with Crippen molar-refractivity contribution in [2.45, 2.75) is 39.2 Å². The number of ketones is 1. The molecule has 0 unspecified atom stereocenters. The molecule has 0 aromatic carbocycles. The molecule has 1 aromatic heterocycles. The van der Waals surface area contributed by atoms with Crippen LogP contribution in [0.4, 0.5) is 5.13 Å². The summed E-state index contributed by atoms with van der Waals surface area (Å²) in [5, 5.41) is 2.88.